The van der Waals surface area contributed by atoms with Crippen molar-refractivity contribution in [3.8, 4) is 0 Å². The summed E-state index contributed by atoms with van der Waals surface area (Å²) in [4.78, 5) is 24.5. The maximum Gasteiger partial charge on any atom is 0.305 e. The molecule has 0 saturated carbocycles. The Balaban J connectivity index is 3.46. The van der Waals surface area contributed by atoms with Gasteiger partial charge in [-0.3, -0.25) is 9.59 Å². The molecule has 0 aliphatic rings. The van der Waals surface area contributed by atoms with Crippen molar-refractivity contribution in [1.82, 2.24) is 5.32 Å². The number of nitrogens with one attached hydrogen (secondary N) is 1. The van der Waals surface area contributed by atoms with Crippen LogP contribution >= 0.6 is 0 Å². The number of hydrogen-bond acceptors (Lipinski definition) is 5. The molecule has 2 unspecified atom stereocenters. The molecular formula is C54H107NO5. The van der Waals surface area contributed by atoms with Crippen molar-refractivity contribution in [3.05, 3.63) is 0 Å². The van der Waals surface area contributed by atoms with E-state index in [1.54, 1.807) is 0 Å². The fourth-order valence-corrected chi connectivity index (χ4v) is 8.70. The molecule has 0 aliphatic carbocycles. The van der Waals surface area contributed by atoms with Crippen LogP contribution in [0.3, 0.4) is 0 Å². The van der Waals surface area contributed by atoms with Gasteiger partial charge < -0.3 is 20.3 Å². The molecule has 6 heteroatoms. The minimum absolute atomic E-state index is 0.0209. The van der Waals surface area contributed by atoms with Gasteiger partial charge in [0, 0.05) is 12.8 Å². The number of unbranched alkanes of at least 4 members (excludes halogenated alkanes) is 40. The van der Waals surface area contributed by atoms with E-state index in [0.717, 1.165) is 57.8 Å². The van der Waals surface area contributed by atoms with Gasteiger partial charge in [0.15, 0.2) is 0 Å². The van der Waals surface area contributed by atoms with Crippen LogP contribution in [-0.2, 0) is 14.3 Å². The standard InChI is InChI=1S/C54H107NO5/c1-3-5-7-9-11-13-15-17-19-20-21-22-24-25-27-30-34-38-42-46-52(57)51(50-56)55-53(58)47-43-39-35-31-29-33-37-41-45-49-60-54(59)48-44-40-36-32-28-26-23-18-16-14-12-10-8-6-4-2/h51-52,56-57H,3-50H2,1-2H3,(H,55,58). The molecular weight excluding hydrogens is 743 g/mol. The minimum atomic E-state index is -0.680. The van der Waals surface area contributed by atoms with Crippen LogP contribution in [0.4, 0.5) is 0 Å². The van der Waals surface area contributed by atoms with Gasteiger partial charge in [-0.25, -0.2) is 0 Å². The summed E-state index contributed by atoms with van der Waals surface area (Å²) >= 11 is 0. The number of ether oxygens (including phenoxy) is 1. The number of amides is 1. The molecule has 0 aliphatic heterocycles. The van der Waals surface area contributed by atoms with Gasteiger partial charge in [0.1, 0.15) is 0 Å². The van der Waals surface area contributed by atoms with Crippen LogP contribution in [0.25, 0.3) is 0 Å². The highest BCUT2D eigenvalue weighted by molar-refractivity contribution is 5.76. The Morgan fingerprint density at radius 3 is 1.02 bits per heavy atom. The highest BCUT2D eigenvalue weighted by atomic mass is 16.5. The van der Waals surface area contributed by atoms with Crippen molar-refractivity contribution in [2.24, 2.45) is 0 Å². The summed E-state index contributed by atoms with van der Waals surface area (Å²) in [5, 5.41) is 23.3. The average Bonchev–Trinajstić information content (AvgIpc) is 3.25. The van der Waals surface area contributed by atoms with Gasteiger partial charge in [-0.2, -0.15) is 0 Å². The Hall–Kier alpha value is -1.14. The fraction of sp³-hybridized carbons (Fsp3) is 0.963. The maximum absolute atomic E-state index is 12.5. The van der Waals surface area contributed by atoms with Crippen molar-refractivity contribution in [3.63, 3.8) is 0 Å². The van der Waals surface area contributed by atoms with Gasteiger partial charge >= 0.3 is 5.97 Å². The maximum atomic E-state index is 12.5. The lowest BCUT2D eigenvalue weighted by atomic mass is 10.0. The smallest absolute Gasteiger partial charge is 0.305 e. The average molecular weight is 850 g/mol. The lowest BCUT2D eigenvalue weighted by molar-refractivity contribution is -0.143. The largest absolute Gasteiger partial charge is 0.466 e. The summed E-state index contributed by atoms with van der Waals surface area (Å²) in [6, 6.07) is -0.560. The van der Waals surface area contributed by atoms with Crippen LogP contribution in [0.5, 0.6) is 0 Å². The third-order valence-corrected chi connectivity index (χ3v) is 12.9. The third-order valence-electron chi connectivity index (χ3n) is 12.9. The van der Waals surface area contributed by atoms with E-state index in [-0.39, 0.29) is 18.5 Å². The SMILES string of the molecule is CCCCCCCCCCCCCCCCCCCCCC(O)C(CO)NC(=O)CCCCCCCCCCCOC(=O)CCCCCCCCCCCCCCCCC. The Morgan fingerprint density at radius 1 is 0.400 bits per heavy atom. The molecule has 3 N–H and O–H groups in total. The van der Waals surface area contributed by atoms with Crippen molar-refractivity contribution >= 4 is 11.9 Å². The van der Waals surface area contributed by atoms with Crippen LogP contribution in [0.15, 0.2) is 0 Å². The summed E-state index contributed by atoms with van der Waals surface area (Å²) in [6.45, 7) is 4.92. The second-order valence-electron chi connectivity index (χ2n) is 18.9. The number of aliphatic hydroxyl groups is 2. The van der Waals surface area contributed by atoms with Crippen molar-refractivity contribution in [1.29, 1.82) is 0 Å². The van der Waals surface area contributed by atoms with Crippen LogP contribution in [0.1, 0.15) is 309 Å². The zero-order valence-electron chi connectivity index (χ0n) is 40.7. The van der Waals surface area contributed by atoms with Crippen LogP contribution in [0.2, 0.25) is 0 Å². The lowest BCUT2D eigenvalue weighted by Gasteiger charge is -2.22. The van der Waals surface area contributed by atoms with E-state index in [4.69, 9.17) is 4.74 Å². The molecule has 0 bridgehead atoms. The predicted octanol–water partition coefficient (Wildman–Crippen LogP) is 16.4. The summed E-state index contributed by atoms with van der Waals surface area (Å²) in [6.07, 6.45) is 56.5. The molecule has 0 saturated heterocycles. The topological polar surface area (TPSA) is 95.9 Å². The predicted molar refractivity (Wildman–Crippen MR) is 260 cm³/mol. The first-order chi connectivity index (χ1) is 29.5. The summed E-state index contributed by atoms with van der Waals surface area (Å²) in [7, 11) is 0. The number of esters is 1. The molecule has 0 rings (SSSR count). The van der Waals surface area contributed by atoms with Crippen LogP contribution in [-0.4, -0.2) is 47.4 Å². The normalized spacial score (nSPS) is 12.5. The van der Waals surface area contributed by atoms with Gasteiger partial charge in [-0.15, -0.1) is 0 Å². The summed E-state index contributed by atoms with van der Waals surface area (Å²) < 4.78 is 5.46. The fourth-order valence-electron chi connectivity index (χ4n) is 8.70. The number of hydrogen-bond donors (Lipinski definition) is 3. The second-order valence-corrected chi connectivity index (χ2v) is 18.9. The Bertz CT molecular complexity index is 852. The summed E-state index contributed by atoms with van der Waals surface area (Å²) in [5.41, 5.74) is 0. The molecule has 0 aromatic heterocycles. The molecule has 60 heavy (non-hydrogen) atoms. The molecule has 2 atom stereocenters. The second kappa shape index (κ2) is 50.5. The third kappa shape index (κ3) is 46.4. The number of carbonyl (C=O) groups excluding carboxylic acids is 2. The van der Waals surface area contributed by atoms with Crippen molar-refractivity contribution < 1.29 is 24.5 Å². The zero-order chi connectivity index (χ0) is 43.7. The van der Waals surface area contributed by atoms with E-state index in [9.17, 15) is 19.8 Å². The van der Waals surface area contributed by atoms with E-state index < -0.39 is 12.1 Å². The van der Waals surface area contributed by atoms with E-state index in [1.807, 2.05) is 0 Å². The van der Waals surface area contributed by atoms with Crippen LogP contribution in [0, 0.1) is 0 Å². The van der Waals surface area contributed by atoms with Crippen molar-refractivity contribution in [2.75, 3.05) is 13.2 Å². The molecule has 6 nitrogen and oxygen atoms in total. The molecule has 358 valence electrons. The van der Waals surface area contributed by atoms with E-state index in [0.29, 0.717) is 25.9 Å². The van der Waals surface area contributed by atoms with E-state index >= 15 is 0 Å². The Labute approximate surface area is 375 Å². The quantitative estimate of drug-likeness (QED) is 0.0418. The first-order valence-electron chi connectivity index (χ1n) is 27.3. The molecule has 1 amide bonds. The molecule has 0 spiro atoms. The molecule has 0 heterocycles. The van der Waals surface area contributed by atoms with Gasteiger partial charge in [0.25, 0.3) is 0 Å². The van der Waals surface area contributed by atoms with Gasteiger partial charge in [0.05, 0.1) is 25.4 Å². The van der Waals surface area contributed by atoms with Crippen LogP contribution < -0.4 is 5.32 Å². The zero-order valence-corrected chi connectivity index (χ0v) is 40.7. The Morgan fingerprint density at radius 2 is 0.683 bits per heavy atom. The monoisotopic (exact) mass is 850 g/mol. The highest BCUT2D eigenvalue weighted by Gasteiger charge is 2.20. The number of carbonyl (C=O) groups is 2. The molecule has 0 fully saturated rings. The lowest BCUT2D eigenvalue weighted by Crippen LogP contribution is -2.45. The minimum Gasteiger partial charge on any atom is -0.466 e. The molecule has 0 radical (unpaired) electrons. The first kappa shape index (κ1) is 58.9. The van der Waals surface area contributed by atoms with E-state index in [2.05, 4.69) is 19.2 Å². The number of rotatable bonds is 51. The molecule has 0 aromatic carbocycles. The van der Waals surface area contributed by atoms with Gasteiger partial charge in [-0.05, 0) is 25.7 Å². The van der Waals surface area contributed by atoms with Gasteiger partial charge in [-0.1, -0.05) is 271 Å². The molecule has 0 aromatic rings. The van der Waals surface area contributed by atoms with E-state index in [1.165, 1.54) is 218 Å². The number of aliphatic hydroxyl groups excluding tert-OH is 2. The first-order valence-corrected chi connectivity index (χ1v) is 27.3. The Kier molecular flexibility index (Phi) is 49.5. The van der Waals surface area contributed by atoms with Crippen molar-refractivity contribution in [2.45, 2.75) is 321 Å². The van der Waals surface area contributed by atoms with Gasteiger partial charge in [0.2, 0.25) is 5.91 Å². The summed E-state index contributed by atoms with van der Waals surface area (Å²) in [5.74, 6) is -0.0794. The highest BCUT2D eigenvalue weighted by Crippen LogP contribution is 2.17.